The fourth-order valence-electron chi connectivity index (χ4n) is 4.82. The van der Waals surface area contributed by atoms with E-state index in [1.54, 1.807) is 13.4 Å². The molecule has 3 nitrogen and oxygen atoms in total. The van der Waals surface area contributed by atoms with Gasteiger partial charge in [0, 0.05) is 12.7 Å². The van der Waals surface area contributed by atoms with Gasteiger partial charge in [-0.15, -0.1) is 0 Å². The standard InChI is InChI=1S/C22H24O3/c1-19(2)21(17-11-7-5-8-12-17)15-16-24-22(19,20(3,23-4)25-21)18-13-9-6-10-14-18/h5-16H,1-4H3/t20-,21+,22+/m1/s1. The molecule has 3 heteroatoms. The van der Waals surface area contributed by atoms with Gasteiger partial charge in [-0.25, -0.2) is 0 Å². The second kappa shape index (κ2) is 5.20. The molecule has 0 radical (unpaired) electrons. The first kappa shape index (κ1) is 16.4. The average Bonchev–Trinajstić information content (AvgIpc) is 2.74. The molecule has 2 aromatic rings. The predicted molar refractivity (Wildman–Crippen MR) is 96.7 cm³/mol. The summed E-state index contributed by atoms with van der Waals surface area (Å²) in [5, 5.41) is 0. The molecule has 0 spiro atoms. The Morgan fingerprint density at radius 1 is 0.800 bits per heavy atom. The van der Waals surface area contributed by atoms with Gasteiger partial charge in [-0.1, -0.05) is 74.5 Å². The second-order valence-corrected chi connectivity index (χ2v) is 7.45. The Bertz CT molecular complexity index is 799. The molecule has 2 aliphatic rings. The highest BCUT2D eigenvalue weighted by atomic mass is 16.7. The van der Waals surface area contributed by atoms with Gasteiger partial charge >= 0.3 is 0 Å². The van der Waals surface area contributed by atoms with Crippen LogP contribution in [-0.2, 0) is 25.4 Å². The van der Waals surface area contributed by atoms with Crippen molar-refractivity contribution >= 4 is 0 Å². The van der Waals surface area contributed by atoms with Crippen LogP contribution < -0.4 is 0 Å². The van der Waals surface area contributed by atoms with E-state index in [-0.39, 0.29) is 0 Å². The Labute approximate surface area is 149 Å². The molecule has 2 aromatic carbocycles. The Morgan fingerprint density at radius 2 is 1.36 bits per heavy atom. The molecular weight excluding hydrogens is 312 g/mol. The summed E-state index contributed by atoms with van der Waals surface area (Å²) in [6.07, 6.45) is 3.79. The van der Waals surface area contributed by atoms with Crippen LogP contribution in [0.15, 0.2) is 73.0 Å². The summed E-state index contributed by atoms with van der Waals surface area (Å²) in [6, 6.07) is 20.6. The quantitative estimate of drug-likeness (QED) is 0.810. The zero-order valence-electron chi connectivity index (χ0n) is 15.2. The van der Waals surface area contributed by atoms with E-state index in [4.69, 9.17) is 14.2 Å². The van der Waals surface area contributed by atoms with Gasteiger partial charge in [-0.05, 0) is 18.6 Å². The lowest BCUT2D eigenvalue weighted by molar-refractivity contribution is -0.279. The molecule has 0 amide bonds. The zero-order chi connectivity index (χ0) is 17.8. The highest BCUT2D eigenvalue weighted by Crippen LogP contribution is 2.70. The summed E-state index contributed by atoms with van der Waals surface area (Å²) in [6.45, 7) is 6.36. The van der Waals surface area contributed by atoms with Gasteiger partial charge < -0.3 is 14.2 Å². The zero-order valence-corrected chi connectivity index (χ0v) is 15.2. The molecule has 2 aliphatic heterocycles. The maximum Gasteiger partial charge on any atom is 0.211 e. The van der Waals surface area contributed by atoms with Crippen molar-refractivity contribution in [1.82, 2.24) is 0 Å². The fourth-order valence-corrected chi connectivity index (χ4v) is 4.82. The monoisotopic (exact) mass is 336 g/mol. The van der Waals surface area contributed by atoms with Crippen molar-refractivity contribution in [3.8, 4) is 0 Å². The van der Waals surface area contributed by atoms with E-state index in [2.05, 4.69) is 38.1 Å². The molecule has 0 saturated carbocycles. The van der Waals surface area contributed by atoms with Crippen molar-refractivity contribution in [3.63, 3.8) is 0 Å². The predicted octanol–water partition coefficient (Wildman–Crippen LogP) is 4.74. The van der Waals surface area contributed by atoms with Crippen LogP contribution in [0.1, 0.15) is 31.9 Å². The Hall–Kier alpha value is -2.10. The number of hydrogen-bond donors (Lipinski definition) is 0. The average molecular weight is 336 g/mol. The molecule has 0 N–H and O–H groups in total. The van der Waals surface area contributed by atoms with Crippen LogP contribution in [0.3, 0.4) is 0 Å². The van der Waals surface area contributed by atoms with E-state index >= 15 is 0 Å². The van der Waals surface area contributed by atoms with E-state index in [9.17, 15) is 0 Å². The molecular formula is C22H24O3. The van der Waals surface area contributed by atoms with Crippen molar-refractivity contribution in [2.75, 3.05) is 7.11 Å². The van der Waals surface area contributed by atoms with Crippen LogP contribution in [0.2, 0.25) is 0 Å². The summed E-state index contributed by atoms with van der Waals surface area (Å²) in [7, 11) is 1.68. The molecule has 1 fully saturated rings. The summed E-state index contributed by atoms with van der Waals surface area (Å²) >= 11 is 0. The second-order valence-electron chi connectivity index (χ2n) is 7.45. The number of fused-ring (bicyclic) bond motifs is 2. The van der Waals surface area contributed by atoms with E-state index in [0.29, 0.717) is 0 Å². The van der Waals surface area contributed by atoms with Gasteiger partial charge in [0.2, 0.25) is 5.79 Å². The number of hydrogen-bond acceptors (Lipinski definition) is 3. The normalized spacial score (nSPS) is 35.4. The van der Waals surface area contributed by atoms with Crippen LogP contribution in [0, 0.1) is 5.41 Å². The summed E-state index contributed by atoms with van der Waals surface area (Å²) in [5.41, 5.74) is 0.308. The highest BCUT2D eigenvalue weighted by Gasteiger charge is 2.78. The third kappa shape index (κ3) is 1.77. The van der Waals surface area contributed by atoms with Gasteiger partial charge in [0.15, 0.2) is 5.60 Å². The molecule has 130 valence electrons. The minimum Gasteiger partial charge on any atom is -0.484 e. The van der Waals surface area contributed by atoms with Crippen LogP contribution in [-0.4, -0.2) is 12.9 Å². The van der Waals surface area contributed by atoms with E-state index in [1.807, 2.05) is 49.4 Å². The molecule has 3 atom stereocenters. The first-order chi connectivity index (χ1) is 11.9. The number of methoxy groups -OCH3 is 1. The largest absolute Gasteiger partial charge is 0.484 e. The maximum atomic E-state index is 6.73. The lowest BCUT2D eigenvalue weighted by atomic mass is 9.58. The Balaban J connectivity index is 2.04. The third-order valence-corrected chi connectivity index (χ3v) is 6.12. The van der Waals surface area contributed by atoms with Crippen molar-refractivity contribution in [3.05, 3.63) is 84.1 Å². The minimum absolute atomic E-state index is 0.414. The molecule has 2 bridgehead atoms. The molecule has 0 unspecified atom stereocenters. The van der Waals surface area contributed by atoms with Crippen LogP contribution in [0.5, 0.6) is 0 Å². The smallest absolute Gasteiger partial charge is 0.211 e. The fraction of sp³-hybridized carbons (Fsp3) is 0.364. The van der Waals surface area contributed by atoms with Crippen LogP contribution >= 0.6 is 0 Å². The van der Waals surface area contributed by atoms with E-state index < -0.39 is 22.4 Å². The van der Waals surface area contributed by atoms with E-state index in [1.165, 1.54) is 0 Å². The molecule has 0 aromatic heterocycles. The van der Waals surface area contributed by atoms with Crippen LogP contribution in [0.4, 0.5) is 0 Å². The van der Waals surface area contributed by atoms with Crippen molar-refractivity contribution < 1.29 is 14.2 Å². The van der Waals surface area contributed by atoms with Gasteiger partial charge in [0.05, 0.1) is 11.7 Å². The third-order valence-electron chi connectivity index (χ3n) is 6.12. The topological polar surface area (TPSA) is 27.7 Å². The first-order valence-corrected chi connectivity index (χ1v) is 8.65. The van der Waals surface area contributed by atoms with Crippen LogP contribution in [0.25, 0.3) is 0 Å². The van der Waals surface area contributed by atoms with Gasteiger partial charge in [0.1, 0.15) is 5.60 Å². The number of rotatable bonds is 3. The lowest BCUT2D eigenvalue weighted by Gasteiger charge is -2.50. The SMILES string of the molecule is CO[C@]1(C)O[C@]2(c3ccccc3)C=CO[C@@]1(c1ccccc1)C2(C)C. The van der Waals surface area contributed by atoms with Crippen molar-refractivity contribution in [1.29, 1.82) is 0 Å². The summed E-state index contributed by atoms with van der Waals surface area (Å²) in [4.78, 5) is 0. The van der Waals surface area contributed by atoms with Crippen molar-refractivity contribution in [2.45, 2.75) is 37.8 Å². The number of benzene rings is 2. The van der Waals surface area contributed by atoms with Crippen molar-refractivity contribution in [2.24, 2.45) is 5.41 Å². The molecule has 1 saturated heterocycles. The highest BCUT2D eigenvalue weighted by molar-refractivity contribution is 5.43. The van der Waals surface area contributed by atoms with Gasteiger partial charge in [-0.2, -0.15) is 0 Å². The molecule has 25 heavy (non-hydrogen) atoms. The van der Waals surface area contributed by atoms with E-state index in [0.717, 1.165) is 11.1 Å². The minimum atomic E-state index is -0.947. The maximum absolute atomic E-state index is 6.73. The first-order valence-electron chi connectivity index (χ1n) is 8.65. The summed E-state index contributed by atoms with van der Waals surface area (Å²) < 4.78 is 19.1. The summed E-state index contributed by atoms with van der Waals surface area (Å²) in [5.74, 6) is -0.947. The molecule has 2 heterocycles. The molecule has 4 rings (SSSR count). The molecule has 0 aliphatic carbocycles. The number of ether oxygens (including phenoxy) is 3. The Morgan fingerprint density at radius 3 is 1.92 bits per heavy atom. The Kier molecular flexibility index (Phi) is 3.40. The van der Waals surface area contributed by atoms with Gasteiger partial charge in [0.25, 0.3) is 0 Å². The lowest BCUT2D eigenvalue weighted by Crippen LogP contribution is -2.57. The van der Waals surface area contributed by atoms with Gasteiger partial charge in [-0.3, -0.25) is 0 Å².